The number of hydrogen-bond donors (Lipinski definition) is 1. The molecule has 0 aliphatic carbocycles. The van der Waals surface area contributed by atoms with Crippen LogP contribution in [-0.2, 0) is 0 Å². The molecular formula is C15H13Cl4N. The van der Waals surface area contributed by atoms with Crippen molar-refractivity contribution in [2.45, 2.75) is 19.4 Å². The summed E-state index contributed by atoms with van der Waals surface area (Å²) in [6, 6.07) is 11.1. The second-order valence-corrected chi connectivity index (χ2v) is 6.06. The first-order valence-electron chi connectivity index (χ1n) is 6.17. The smallest absolute Gasteiger partial charge is 0.0652 e. The zero-order valence-corrected chi connectivity index (χ0v) is 13.8. The van der Waals surface area contributed by atoms with Gasteiger partial charge in [-0.2, -0.15) is 0 Å². The molecule has 0 aromatic heterocycles. The van der Waals surface area contributed by atoms with E-state index in [0.717, 1.165) is 17.7 Å². The second kappa shape index (κ2) is 6.91. The van der Waals surface area contributed by atoms with Gasteiger partial charge < -0.3 is 5.32 Å². The molecule has 2 rings (SSSR count). The zero-order chi connectivity index (χ0) is 14.7. The Bertz CT molecular complexity index is 613. The average molecular weight is 349 g/mol. The third kappa shape index (κ3) is 3.73. The first kappa shape index (κ1) is 15.8. The molecule has 20 heavy (non-hydrogen) atoms. The van der Waals surface area contributed by atoms with Crippen molar-refractivity contribution in [3.8, 4) is 0 Å². The maximum Gasteiger partial charge on any atom is 0.0652 e. The zero-order valence-electron chi connectivity index (χ0n) is 10.8. The Morgan fingerprint density at radius 3 is 2.25 bits per heavy atom. The van der Waals surface area contributed by atoms with Gasteiger partial charge in [0.2, 0.25) is 0 Å². The third-order valence-corrected chi connectivity index (χ3v) is 4.30. The summed E-state index contributed by atoms with van der Waals surface area (Å²) in [5.74, 6) is 0. The summed E-state index contributed by atoms with van der Waals surface area (Å²) in [4.78, 5) is 0. The van der Waals surface area contributed by atoms with Crippen LogP contribution in [0.2, 0.25) is 20.1 Å². The van der Waals surface area contributed by atoms with Gasteiger partial charge in [0.15, 0.2) is 0 Å². The van der Waals surface area contributed by atoms with Gasteiger partial charge >= 0.3 is 0 Å². The molecule has 1 nitrogen and oxygen atoms in total. The normalized spacial score (nSPS) is 12.2. The first-order chi connectivity index (χ1) is 9.51. The molecule has 0 saturated heterocycles. The van der Waals surface area contributed by atoms with Crippen LogP contribution in [0.15, 0.2) is 36.4 Å². The minimum atomic E-state index is 0.100. The van der Waals surface area contributed by atoms with E-state index in [-0.39, 0.29) is 6.04 Å². The van der Waals surface area contributed by atoms with Gasteiger partial charge in [-0.3, -0.25) is 0 Å². The van der Waals surface area contributed by atoms with E-state index in [0.29, 0.717) is 20.1 Å². The fourth-order valence-corrected chi connectivity index (χ4v) is 2.71. The van der Waals surface area contributed by atoms with Crippen molar-refractivity contribution in [1.82, 2.24) is 0 Å². The molecule has 0 bridgehead atoms. The van der Waals surface area contributed by atoms with Crippen molar-refractivity contribution in [3.63, 3.8) is 0 Å². The predicted octanol–water partition coefficient (Wildman–Crippen LogP) is 6.86. The van der Waals surface area contributed by atoms with Gasteiger partial charge in [-0.15, -0.1) is 0 Å². The summed E-state index contributed by atoms with van der Waals surface area (Å²) in [6.07, 6.45) is 0.886. The minimum Gasteiger partial charge on any atom is -0.377 e. The molecule has 0 aliphatic rings. The molecule has 2 aromatic carbocycles. The topological polar surface area (TPSA) is 12.0 Å². The van der Waals surface area contributed by atoms with Crippen molar-refractivity contribution in [2.75, 3.05) is 5.32 Å². The fraction of sp³-hybridized carbons (Fsp3) is 0.200. The lowest BCUT2D eigenvalue weighted by molar-refractivity contribution is 0.749. The van der Waals surface area contributed by atoms with Crippen LogP contribution >= 0.6 is 46.4 Å². The highest BCUT2D eigenvalue weighted by Crippen LogP contribution is 2.32. The molecule has 0 amide bonds. The van der Waals surface area contributed by atoms with Crippen LogP contribution in [0, 0.1) is 0 Å². The molecule has 0 radical (unpaired) electrons. The van der Waals surface area contributed by atoms with E-state index in [1.807, 2.05) is 18.2 Å². The quantitative estimate of drug-likeness (QED) is 0.636. The van der Waals surface area contributed by atoms with E-state index in [9.17, 15) is 0 Å². The van der Waals surface area contributed by atoms with Gasteiger partial charge in [0.25, 0.3) is 0 Å². The number of hydrogen-bond acceptors (Lipinski definition) is 1. The van der Waals surface area contributed by atoms with Gasteiger partial charge in [0, 0.05) is 5.02 Å². The third-order valence-electron chi connectivity index (χ3n) is 3.02. The van der Waals surface area contributed by atoms with Crippen molar-refractivity contribution in [1.29, 1.82) is 0 Å². The summed E-state index contributed by atoms with van der Waals surface area (Å²) in [5.41, 5.74) is 1.90. The Balaban J connectivity index is 2.26. The number of anilines is 1. The van der Waals surface area contributed by atoms with Gasteiger partial charge in [-0.1, -0.05) is 59.4 Å². The average Bonchev–Trinajstić information content (AvgIpc) is 2.41. The van der Waals surface area contributed by atoms with Crippen molar-refractivity contribution >= 4 is 52.1 Å². The van der Waals surface area contributed by atoms with E-state index in [2.05, 4.69) is 12.2 Å². The van der Waals surface area contributed by atoms with Crippen LogP contribution in [0.3, 0.4) is 0 Å². The minimum absolute atomic E-state index is 0.100. The van der Waals surface area contributed by atoms with E-state index in [1.54, 1.807) is 18.2 Å². The van der Waals surface area contributed by atoms with Crippen LogP contribution in [0.4, 0.5) is 5.69 Å². The van der Waals surface area contributed by atoms with E-state index in [1.165, 1.54) is 0 Å². The number of benzene rings is 2. The lowest BCUT2D eigenvalue weighted by Crippen LogP contribution is -2.10. The van der Waals surface area contributed by atoms with Crippen LogP contribution in [0.1, 0.15) is 24.9 Å². The highest BCUT2D eigenvalue weighted by molar-refractivity contribution is 6.42. The van der Waals surface area contributed by atoms with E-state index in [4.69, 9.17) is 46.4 Å². The number of rotatable bonds is 4. The lowest BCUT2D eigenvalue weighted by atomic mass is 10.0. The number of halogens is 4. The summed E-state index contributed by atoms with van der Waals surface area (Å²) in [6.45, 7) is 2.09. The van der Waals surface area contributed by atoms with Gasteiger partial charge in [0.05, 0.1) is 26.8 Å². The second-order valence-electron chi connectivity index (χ2n) is 4.40. The monoisotopic (exact) mass is 347 g/mol. The maximum atomic E-state index is 6.18. The van der Waals surface area contributed by atoms with Crippen molar-refractivity contribution in [2.24, 2.45) is 0 Å². The highest BCUT2D eigenvalue weighted by atomic mass is 35.5. The summed E-state index contributed by atoms with van der Waals surface area (Å²) < 4.78 is 0. The van der Waals surface area contributed by atoms with Gasteiger partial charge in [-0.05, 0) is 42.3 Å². The molecule has 5 heteroatoms. The van der Waals surface area contributed by atoms with Gasteiger partial charge in [-0.25, -0.2) is 0 Å². The molecule has 0 spiro atoms. The molecule has 2 aromatic rings. The summed E-state index contributed by atoms with van der Waals surface area (Å²) >= 11 is 24.1. The summed E-state index contributed by atoms with van der Waals surface area (Å²) in [7, 11) is 0. The van der Waals surface area contributed by atoms with E-state index >= 15 is 0 Å². The maximum absolute atomic E-state index is 6.18. The molecule has 1 N–H and O–H groups in total. The van der Waals surface area contributed by atoms with E-state index < -0.39 is 0 Å². The van der Waals surface area contributed by atoms with Crippen LogP contribution in [0.25, 0.3) is 0 Å². The highest BCUT2D eigenvalue weighted by Gasteiger charge is 2.12. The number of nitrogens with one attached hydrogen (secondary N) is 1. The Hall–Kier alpha value is -0.600. The standard InChI is InChI=1S/C15H13Cl4N/c1-2-14(9-3-5-11(17)12(18)7-9)20-15-6-4-10(16)8-13(15)19/h3-8,14,20H,2H2,1H3. The molecule has 106 valence electrons. The van der Waals surface area contributed by atoms with Crippen LogP contribution < -0.4 is 5.32 Å². The van der Waals surface area contributed by atoms with Gasteiger partial charge in [0.1, 0.15) is 0 Å². The first-order valence-corrected chi connectivity index (χ1v) is 7.69. The molecule has 1 atom stereocenters. The molecule has 0 heterocycles. The molecular weight excluding hydrogens is 336 g/mol. The van der Waals surface area contributed by atoms with Crippen LogP contribution in [-0.4, -0.2) is 0 Å². The molecule has 0 fully saturated rings. The molecule has 0 saturated carbocycles. The van der Waals surface area contributed by atoms with Crippen molar-refractivity contribution in [3.05, 3.63) is 62.1 Å². The molecule has 1 unspecified atom stereocenters. The Labute approximate surface area is 138 Å². The SMILES string of the molecule is CCC(Nc1ccc(Cl)cc1Cl)c1ccc(Cl)c(Cl)c1. The Morgan fingerprint density at radius 2 is 1.65 bits per heavy atom. The Morgan fingerprint density at radius 1 is 0.900 bits per heavy atom. The Kier molecular flexibility index (Phi) is 5.45. The van der Waals surface area contributed by atoms with Crippen LogP contribution in [0.5, 0.6) is 0 Å². The summed E-state index contributed by atoms with van der Waals surface area (Å²) in [5, 5.41) is 5.70. The predicted molar refractivity (Wildman–Crippen MR) is 89.6 cm³/mol. The largest absolute Gasteiger partial charge is 0.377 e. The lowest BCUT2D eigenvalue weighted by Gasteiger charge is -2.20. The fourth-order valence-electron chi connectivity index (χ4n) is 1.94. The molecule has 0 aliphatic heterocycles. The van der Waals surface area contributed by atoms with Crippen molar-refractivity contribution < 1.29 is 0 Å².